The molecule has 0 N–H and O–H groups in total. The van der Waals surface area contributed by atoms with E-state index in [1.54, 1.807) is 0 Å². The lowest BCUT2D eigenvalue weighted by molar-refractivity contribution is -0.0772. The Morgan fingerprint density at radius 3 is 2.24 bits per heavy atom. The summed E-state index contributed by atoms with van der Waals surface area (Å²) >= 11 is 4.02. The average molecular weight is 429 g/mol. The third-order valence-electron chi connectivity index (χ3n) is 5.42. The summed E-state index contributed by atoms with van der Waals surface area (Å²) in [4.78, 5) is 0.244. The molecule has 5 heteroatoms. The number of hydrogen-bond acceptors (Lipinski definition) is 3. The van der Waals surface area contributed by atoms with E-state index in [-0.39, 0.29) is 10.1 Å². The minimum atomic E-state index is -2.49. The maximum atomic E-state index is 6.58. The highest BCUT2D eigenvalue weighted by molar-refractivity contribution is 9.09. The lowest BCUT2D eigenvalue weighted by atomic mass is 9.87. The second-order valence-corrected chi connectivity index (χ2v) is 11.0. The summed E-state index contributed by atoms with van der Waals surface area (Å²) in [5.74, 6) is 0.346. The summed E-state index contributed by atoms with van der Waals surface area (Å²) in [7, 11) is -2.49. The molecular weight excluding hydrogens is 396 g/mol. The Bertz CT molecular complexity index is 501. The first-order chi connectivity index (χ1) is 12.1. The number of ether oxygens (including phenoxy) is 1. The molecule has 1 aromatic rings. The molecule has 3 atom stereocenters. The van der Waals surface area contributed by atoms with Gasteiger partial charge in [-0.3, -0.25) is 0 Å². The van der Waals surface area contributed by atoms with Gasteiger partial charge in [0.2, 0.25) is 0 Å². The molecule has 2 rings (SSSR count). The Morgan fingerprint density at radius 2 is 1.72 bits per heavy atom. The van der Waals surface area contributed by atoms with Crippen LogP contribution in [-0.2, 0) is 13.6 Å². The summed E-state index contributed by atoms with van der Waals surface area (Å²) in [6.07, 6.45) is 3.20. The third kappa shape index (κ3) is 4.06. The predicted molar refractivity (Wildman–Crippen MR) is 109 cm³/mol. The fourth-order valence-corrected chi connectivity index (χ4v) is 10.4. The first-order valence-electron chi connectivity index (χ1n) is 9.71. The molecule has 3 nitrogen and oxygen atoms in total. The molecule has 1 fully saturated rings. The molecule has 1 aromatic carbocycles. The Morgan fingerprint density at radius 1 is 1.08 bits per heavy atom. The highest BCUT2D eigenvalue weighted by atomic mass is 79.9. The van der Waals surface area contributed by atoms with Crippen LogP contribution >= 0.6 is 15.9 Å². The van der Waals surface area contributed by atoms with Crippen molar-refractivity contribution in [3.05, 3.63) is 35.9 Å². The highest BCUT2D eigenvalue weighted by Crippen LogP contribution is 2.53. The van der Waals surface area contributed by atoms with Crippen LogP contribution in [0.3, 0.4) is 0 Å². The molecule has 0 bridgehead atoms. The van der Waals surface area contributed by atoms with Crippen molar-refractivity contribution >= 4 is 24.5 Å². The molecule has 0 aromatic heterocycles. The van der Waals surface area contributed by atoms with Gasteiger partial charge >= 0.3 is 8.56 Å². The molecule has 0 saturated carbocycles. The van der Waals surface area contributed by atoms with Gasteiger partial charge in [-0.1, -0.05) is 59.6 Å². The quantitative estimate of drug-likeness (QED) is 0.368. The molecular formula is C20H33BrO3Si. The average Bonchev–Trinajstić information content (AvgIpc) is 2.64. The molecule has 1 aliphatic heterocycles. The molecule has 0 amide bonds. The van der Waals surface area contributed by atoms with Crippen molar-refractivity contribution in [2.75, 3.05) is 19.8 Å². The summed E-state index contributed by atoms with van der Waals surface area (Å²) in [5, 5.41) is -0.323. The van der Waals surface area contributed by atoms with Crippen LogP contribution < -0.4 is 0 Å². The summed E-state index contributed by atoms with van der Waals surface area (Å²) in [6.45, 7) is 10.5. The van der Waals surface area contributed by atoms with Gasteiger partial charge in [0.25, 0.3) is 0 Å². The molecule has 25 heavy (non-hydrogen) atoms. The monoisotopic (exact) mass is 428 g/mol. The minimum Gasteiger partial charge on any atom is -0.393 e. The van der Waals surface area contributed by atoms with E-state index >= 15 is 0 Å². The van der Waals surface area contributed by atoms with Gasteiger partial charge in [-0.25, -0.2) is 0 Å². The zero-order valence-electron chi connectivity index (χ0n) is 16.1. The molecule has 1 heterocycles. The van der Waals surface area contributed by atoms with E-state index in [1.807, 2.05) is 0 Å². The fraction of sp³-hybridized carbons (Fsp3) is 0.700. The van der Waals surface area contributed by atoms with Crippen molar-refractivity contribution in [3.8, 4) is 0 Å². The van der Waals surface area contributed by atoms with Gasteiger partial charge in [0.1, 0.15) is 5.22 Å². The fourth-order valence-electron chi connectivity index (χ4n) is 4.54. The number of alkyl halides is 1. The molecule has 0 spiro atoms. The summed E-state index contributed by atoms with van der Waals surface area (Å²) in [6, 6.07) is 11.7. The van der Waals surface area contributed by atoms with Crippen LogP contribution in [-0.4, -0.2) is 33.6 Å². The Labute approximate surface area is 162 Å². The number of halogens is 1. The summed E-state index contributed by atoms with van der Waals surface area (Å²) in [5.41, 5.74) is 1.31. The first kappa shape index (κ1) is 21.1. The zero-order valence-corrected chi connectivity index (χ0v) is 18.7. The van der Waals surface area contributed by atoms with Crippen LogP contribution in [0.15, 0.2) is 30.3 Å². The lowest BCUT2D eigenvalue weighted by Gasteiger charge is -2.54. The van der Waals surface area contributed by atoms with Gasteiger partial charge in [-0.2, -0.15) is 0 Å². The molecule has 0 radical (unpaired) electrons. The molecule has 3 unspecified atom stereocenters. The van der Waals surface area contributed by atoms with Gasteiger partial charge in [0, 0.05) is 30.6 Å². The molecule has 1 saturated heterocycles. The minimum absolute atomic E-state index is 0.244. The van der Waals surface area contributed by atoms with Crippen molar-refractivity contribution in [2.45, 2.75) is 63.1 Å². The maximum Gasteiger partial charge on any atom is 0.371 e. The first-order valence-corrected chi connectivity index (χ1v) is 12.7. The van der Waals surface area contributed by atoms with Gasteiger partial charge < -0.3 is 13.6 Å². The second-order valence-electron chi connectivity index (χ2n) is 6.61. The van der Waals surface area contributed by atoms with Crippen LogP contribution in [0.2, 0.25) is 6.04 Å². The van der Waals surface area contributed by atoms with Gasteiger partial charge in [-0.15, -0.1) is 0 Å². The molecule has 1 aliphatic rings. The van der Waals surface area contributed by atoms with E-state index in [1.165, 1.54) is 5.56 Å². The van der Waals surface area contributed by atoms with E-state index < -0.39 is 8.56 Å². The standard InChI is InChI=1S/C20H33BrO3Si/c1-5-20(22-6-2)18(19(21)17-13-10-9-11-14-17)15-12-16-25(20,23-7-3)24-8-4/h9-11,13-14,18-19H,5-8,12,15-16H2,1-4H3. The number of hydrogen-bond donors (Lipinski definition) is 0. The van der Waals surface area contributed by atoms with E-state index in [0.29, 0.717) is 25.7 Å². The smallest absolute Gasteiger partial charge is 0.371 e. The predicted octanol–water partition coefficient (Wildman–Crippen LogP) is 5.77. The van der Waals surface area contributed by atoms with Gasteiger partial charge in [0.15, 0.2) is 0 Å². The highest BCUT2D eigenvalue weighted by Gasteiger charge is 2.64. The van der Waals surface area contributed by atoms with Crippen molar-refractivity contribution in [2.24, 2.45) is 5.92 Å². The van der Waals surface area contributed by atoms with Gasteiger partial charge in [-0.05, 0) is 45.2 Å². The van der Waals surface area contributed by atoms with Crippen LogP contribution in [0.4, 0.5) is 0 Å². The SMILES string of the molecule is CCOC1(CC)C(C(Br)c2ccccc2)CCC[Si]1(OCC)OCC. The topological polar surface area (TPSA) is 27.7 Å². The molecule has 142 valence electrons. The van der Waals surface area contributed by atoms with Crippen LogP contribution in [0.5, 0.6) is 0 Å². The van der Waals surface area contributed by atoms with Crippen molar-refractivity contribution in [1.82, 2.24) is 0 Å². The Balaban J connectivity index is 2.49. The Kier molecular flexibility index (Phi) is 8.15. The van der Waals surface area contributed by atoms with E-state index in [0.717, 1.165) is 25.3 Å². The van der Waals surface area contributed by atoms with E-state index in [9.17, 15) is 0 Å². The van der Waals surface area contributed by atoms with Crippen LogP contribution in [0, 0.1) is 5.92 Å². The second kappa shape index (κ2) is 9.65. The zero-order chi connectivity index (χ0) is 18.3. The van der Waals surface area contributed by atoms with Crippen LogP contribution in [0.25, 0.3) is 0 Å². The lowest BCUT2D eigenvalue weighted by Crippen LogP contribution is -2.69. The van der Waals surface area contributed by atoms with Crippen molar-refractivity contribution in [3.63, 3.8) is 0 Å². The number of rotatable bonds is 9. The van der Waals surface area contributed by atoms with Crippen molar-refractivity contribution in [1.29, 1.82) is 0 Å². The Hall–Kier alpha value is -0.203. The molecule has 0 aliphatic carbocycles. The maximum absolute atomic E-state index is 6.58. The summed E-state index contributed by atoms with van der Waals surface area (Å²) < 4.78 is 19.5. The largest absolute Gasteiger partial charge is 0.393 e. The number of benzene rings is 1. The van der Waals surface area contributed by atoms with Crippen molar-refractivity contribution < 1.29 is 13.6 Å². The van der Waals surface area contributed by atoms with E-state index in [4.69, 9.17) is 13.6 Å². The van der Waals surface area contributed by atoms with Gasteiger partial charge in [0.05, 0.1) is 0 Å². The normalized spacial score (nSPS) is 27.2. The van der Waals surface area contributed by atoms with Crippen LogP contribution in [0.1, 0.15) is 57.3 Å². The third-order valence-corrected chi connectivity index (χ3v) is 11.3. The van der Waals surface area contributed by atoms with E-state index in [2.05, 4.69) is 74.0 Å².